The first-order chi connectivity index (χ1) is 23.3. The van der Waals surface area contributed by atoms with Crippen molar-refractivity contribution < 1.29 is 0 Å². The van der Waals surface area contributed by atoms with Crippen molar-refractivity contribution in [3.8, 4) is 50.2 Å². The normalized spacial score (nSPS) is 11.4. The van der Waals surface area contributed by atoms with Gasteiger partial charge < -0.3 is 4.57 Å². The lowest BCUT2D eigenvalue weighted by molar-refractivity contribution is 1.19. The molecule has 0 aliphatic rings. The number of para-hydroxylation sites is 1. The minimum Gasteiger partial charge on any atom is -0.309 e. The smallest absolute Gasteiger partial charge is 0.0619 e. The van der Waals surface area contributed by atoms with Crippen molar-refractivity contribution in [3.63, 3.8) is 0 Å². The molecule has 47 heavy (non-hydrogen) atoms. The Kier molecular flexibility index (Phi) is 6.50. The van der Waals surface area contributed by atoms with Gasteiger partial charge in [-0.1, -0.05) is 127 Å². The number of hydrogen-bond acceptors (Lipinski definition) is 1. The fraction of sp³-hybridized carbons (Fsp3) is 0. The van der Waals surface area contributed by atoms with Crippen molar-refractivity contribution in [2.75, 3.05) is 0 Å². The molecule has 0 spiro atoms. The zero-order chi connectivity index (χ0) is 31.2. The Morgan fingerprint density at radius 3 is 1.62 bits per heavy atom. The predicted octanol–water partition coefficient (Wildman–Crippen LogP) is 12.0. The molecule has 9 aromatic rings. The van der Waals surface area contributed by atoms with Gasteiger partial charge >= 0.3 is 0 Å². The molecule has 0 radical (unpaired) electrons. The summed E-state index contributed by atoms with van der Waals surface area (Å²) < 4.78 is 2.44. The summed E-state index contributed by atoms with van der Waals surface area (Å²) in [5.41, 5.74) is 13.1. The minimum atomic E-state index is 1.12. The molecule has 7 aromatic carbocycles. The molecule has 0 saturated carbocycles. The highest BCUT2D eigenvalue weighted by atomic mass is 15.0. The van der Waals surface area contributed by atoms with Gasteiger partial charge in [0.25, 0.3) is 0 Å². The molecule has 0 saturated heterocycles. The summed E-state index contributed by atoms with van der Waals surface area (Å²) in [4.78, 5) is 4.32. The van der Waals surface area contributed by atoms with Crippen LogP contribution in [0, 0.1) is 0 Å². The SMILES string of the molecule is c1ccc(-c2cccc(-c3ccc4c5ccc6cc(-c7cccc(-c8cccnc8)c7)ccc6c5n(-c5ccccc5)c4c3)c2)cc1. The van der Waals surface area contributed by atoms with Gasteiger partial charge in [0.1, 0.15) is 0 Å². The molecular formula is C45H30N2. The van der Waals surface area contributed by atoms with Crippen LogP contribution in [0.1, 0.15) is 0 Å². The topological polar surface area (TPSA) is 17.8 Å². The average molecular weight is 599 g/mol. The van der Waals surface area contributed by atoms with Gasteiger partial charge in [-0.3, -0.25) is 4.98 Å². The first-order valence-corrected chi connectivity index (χ1v) is 16.0. The summed E-state index contributed by atoms with van der Waals surface area (Å²) >= 11 is 0. The van der Waals surface area contributed by atoms with Crippen LogP contribution in [0.2, 0.25) is 0 Å². The Balaban J connectivity index is 1.23. The van der Waals surface area contributed by atoms with E-state index in [2.05, 4.69) is 173 Å². The molecule has 0 atom stereocenters. The molecule has 2 heteroatoms. The second kappa shape index (κ2) is 11.3. The van der Waals surface area contributed by atoms with Crippen molar-refractivity contribution in [2.24, 2.45) is 0 Å². The van der Waals surface area contributed by atoms with Crippen LogP contribution < -0.4 is 0 Å². The average Bonchev–Trinajstić information content (AvgIpc) is 3.50. The summed E-state index contributed by atoms with van der Waals surface area (Å²) in [5.74, 6) is 0. The number of nitrogens with zero attached hydrogens (tertiary/aromatic N) is 2. The van der Waals surface area contributed by atoms with E-state index in [0.29, 0.717) is 0 Å². The Labute approximate surface area is 273 Å². The molecular weight excluding hydrogens is 569 g/mol. The maximum absolute atomic E-state index is 4.32. The summed E-state index contributed by atoms with van der Waals surface area (Å²) in [7, 11) is 0. The van der Waals surface area contributed by atoms with Crippen LogP contribution in [0.3, 0.4) is 0 Å². The summed E-state index contributed by atoms with van der Waals surface area (Å²) in [6.07, 6.45) is 3.74. The molecule has 0 bridgehead atoms. The molecule has 9 rings (SSSR count). The monoisotopic (exact) mass is 598 g/mol. The molecule has 0 N–H and O–H groups in total. The first-order valence-electron chi connectivity index (χ1n) is 16.0. The highest BCUT2D eigenvalue weighted by molar-refractivity contribution is 6.19. The fourth-order valence-corrected chi connectivity index (χ4v) is 6.96. The summed E-state index contributed by atoms with van der Waals surface area (Å²) in [6.45, 7) is 0. The first kappa shape index (κ1) is 27.1. The van der Waals surface area contributed by atoms with Crippen LogP contribution in [0.15, 0.2) is 182 Å². The molecule has 2 heterocycles. The third-order valence-corrected chi connectivity index (χ3v) is 9.25. The largest absolute Gasteiger partial charge is 0.309 e. The van der Waals surface area contributed by atoms with Crippen molar-refractivity contribution >= 4 is 32.6 Å². The molecule has 0 unspecified atom stereocenters. The van der Waals surface area contributed by atoms with Gasteiger partial charge in [0.15, 0.2) is 0 Å². The quantitative estimate of drug-likeness (QED) is 0.193. The van der Waals surface area contributed by atoms with E-state index in [1.165, 1.54) is 71.5 Å². The van der Waals surface area contributed by atoms with Crippen molar-refractivity contribution in [1.82, 2.24) is 9.55 Å². The maximum atomic E-state index is 4.32. The number of rotatable bonds is 5. The number of benzene rings is 7. The zero-order valence-corrected chi connectivity index (χ0v) is 25.7. The number of fused-ring (bicyclic) bond motifs is 5. The Morgan fingerprint density at radius 2 is 0.915 bits per heavy atom. The fourth-order valence-electron chi connectivity index (χ4n) is 6.96. The van der Waals surface area contributed by atoms with Gasteiger partial charge in [-0.25, -0.2) is 0 Å². The van der Waals surface area contributed by atoms with Gasteiger partial charge in [0.05, 0.1) is 11.0 Å². The van der Waals surface area contributed by atoms with Gasteiger partial charge in [-0.05, 0) is 86.8 Å². The van der Waals surface area contributed by atoms with Gasteiger partial charge in [0, 0.05) is 39.8 Å². The van der Waals surface area contributed by atoms with Crippen LogP contribution in [0.5, 0.6) is 0 Å². The summed E-state index contributed by atoms with van der Waals surface area (Å²) in [5, 5.41) is 4.97. The van der Waals surface area contributed by atoms with Crippen LogP contribution in [0.25, 0.3) is 82.8 Å². The van der Waals surface area contributed by atoms with E-state index in [4.69, 9.17) is 0 Å². The second-order valence-corrected chi connectivity index (χ2v) is 12.1. The molecule has 0 aliphatic carbocycles. The van der Waals surface area contributed by atoms with Crippen molar-refractivity contribution in [1.29, 1.82) is 0 Å². The second-order valence-electron chi connectivity index (χ2n) is 12.1. The maximum Gasteiger partial charge on any atom is 0.0619 e. The standard InChI is InChI=1S/C45H30N2/c1-3-10-31(11-4-1)32-12-7-14-34(26-32)37-20-23-42-43-24-21-38-28-36(33-13-8-15-35(27-33)39-16-9-25-46-30-39)19-22-41(38)45(43)47(44(42)29-37)40-17-5-2-6-18-40/h1-30H. The van der Waals surface area contributed by atoms with Crippen LogP contribution >= 0.6 is 0 Å². The van der Waals surface area contributed by atoms with E-state index in [1.807, 2.05) is 18.5 Å². The van der Waals surface area contributed by atoms with Crippen molar-refractivity contribution in [2.45, 2.75) is 0 Å². The van der Waals surface area contributed by atoms with E-state index in [0.717, 1.165) is 11.3 Å². The number of hydrogen-bond donors (Lipinski definition) is 0. The number of pyridine rings is 1. The summed E-state index contributed by atoms with van der Waals surface area (Å²) in [6, 6.07) is 61.4. The molecule has 0 amide bonds. The third kappa shape index (κ3) is 4.79. The highest BCUT2D eigenvalue weighted by Crippen LogP contribution is 2.40. The molecule has 220 valence electrons. The predicted molar refractivity (Wildman–Crippen MR) is 198 cm³/mol. The lowest BCUT2D eigenvalue weighted by Crippen LogP contribution is -1.94. The Morgan fingerprint density at radius 1 is 0.362 bits per heavy atom. The highest BCUT2D eigenvalue weighted by Gasteiger charge is 2.17. The Hall–Kier alpha value is -6.25. The molecule has 2 nitrogen and oxygen atoms in total. The van der Waals surface area contributed by atoms with E-state index in [9.17, 15) is 0 Å². The van der Waals surface area contributed by atoms with Crippen molar-refractivity contribution in [3.05, 3.63) is 182 Å². The number of aromatic nitrogens is 2. The molecule has 0 aliphatic heterocycles. The van der Waals surface area contributed by atoms with Crippen LogP contribution in [-0.4, -0.2) is 9.55 Å². The third-order valence-electron chi connectivity index (χ3n) is 9.25. The Bertz CT molecular complexity index is 2550. The van der Waals surface area contributed by atoms with Gasteiger partial charge in [0.2, 0.25) is 0 Å². The van der Waals surface area contributed by atoms with Gasteiger partial charge in [-0.15, -0.1) is 0 Å². The van der Waals surface area contributed by atoms with E-state index in [-0.39, 0.29) is 0 Å². The molecule has 0 fully saturated rings. The minimum absolute atomic E-state index is 1.12. The lowest BCUT2D eigenvalue weighted by atomic mass is 9.96. The zero-order valence-electron chi connectivity index (χ0n) is 25.7. The van der Waals surface area contributed by atoms with Crippen LogP contribution in [-0.2, 0) is 0 Å². The van der Waals surface area contributed by atoms with Gasteiger partial charge in [-0.2, -0.15) is 0 Å². The van der Waals surface area contributed by atoms with E-state index < -0.39 is 0 Å². The van der Waals surface area contributed by atoms with E-state index in [1.54, 1.807) is 0 Å². The van der Waals surface area contributed by atoms with E-state index >= 15 is 0 Å². The molecule has 2 aromatic heterocycles. The van der Waals surface area contributed by atoms with Crippen LogP contribution in [0.4, 0.5) is 0 Å². The lowest BCUT2D eigenvalue weighted by Gasteiger charge is -2.12.